The minimum atomic E-state index is -0.471. The second-order valence-corrected chi connectivity index (χ2v) is 4.88. The van der Waals surface area contributed by atoms with Crippen molar-refractivity contribution in [2.24, 2.45) is 0 Å². The molecule has 19 heavy (non-hydrogen) atoms. The molecule has 2 rings (SSSR count). The molecule has 5 nitrogen and oxygen atoms in total. The summed E-state index contributed by atoms with van der Waals surface area (Å²) >= 11 is 1.69. The van der Waals surface area contributed by atoms with Crippen LogP contribution in [0.2, 0.25) is 0 Å². The molecule has 0 saturated carbocycles. The van der Waals surface area contributed by atoms with Crippen LogP contribution in [0.5, 0.6) is 0 Å². The zero-order chi connectivity index (χ0) is 13.7. The lowest BCUT2D eigenvalue weighted by Gasteiger charge is -2.20. The molecule has 0 N–H and O–H groups in total. The van der Waals surface area contributed by atoms with Gasteiger partial charge < -0.3 is 9.64 Å². The molecule has 0 unspecified atom stereocenters. The number of ether oxygens (including phenoxy) is 1. The number of thiophene rings is 1. The molecule has 2 aromatic rings. The fraction of sp³-hybridized carbons (Fsp3) is 0.308. The average molecular weight is 277 g/mol. The summed E-state index contributed by atoms with van der Waals surface area (Å²) in [7, 11) is 1.33. The highest BCUT2D eigenvalue weighted by atomic mass is 32.1. The summed E-state index contributed by atoms with van der Waals surface area (Å²) in [5.41, 5.74) is 0.227. The Kier molecular flexibility index (Phi) is 4.46. The van der Waals surface area contributed by atoms with E-state index in [9.17, 15) is 4.79 Å². The summed E-state index contributed by atoms with van der Waals surface area (Å²) in [5.74, 6) is 0.209. The van der Waals surface area contributed by atoms with Crippen molar-refractivity contribution in [2.75, 3.05) is 18.6 Å². The first-order chi connectivity index (χ1) is 9.24. The van der Waals surface area contributed by atoms with Crippen molar-refractivity contribution < 1.29 is 9.53 Å². The smallest absolute Gasteiger partial charge is 0.358 e. The largest absolute Gasteiger partial charge is 0.464 e. The van der Waals surface area contributed by atoms with Crippen LogP contribution in [0.15, 0.2) is 29.9 Å². The molecule has 2 heterocycles. The molecule has 0 aromatic carbocycles. The summed E-state index contributed by atoms with van der Waals surface area (Å²) in [4.78, 5) is 23.1. The van der Waals surface area contributed by atoms with Crippen molar-refractivity contribution >= 4 is 23.1 Å². The van der Waals surface area contributed by atoms with Crippen LogP contribution in [-0.2, 0) is 11.3 Å². The van der Waals surface area contributed by atoms with Crippen LogP contribution in [0.3, 0.4) is 0 Å². The lowest BCUT2D eigenvalue weighted by atomic mass is 10.4. The van der Waals surface area contributed by atoms with Crippen LogP contribution < -0.4 is 4.90 Å². The van der Waals surface area contributed by atoms with Gasteiger partial charge in [-0.15, -0.1) is 11.3 Å². The molecule has 100 valence electrons. The van der Waals surface area contributed by atoms with E-state index in [0.29, 0.717) is 5.82 Å². The SMILES string of the molecule is CCN(Cc1cccs1)c1cncc(C(=O)OC)n1. The monoisotopic (exact) mass is 277 g/mol. The number of hydrogen-bond donors (Lipinski definition) is 0. The van der Waals surface area contributed by atoms with Gasteiger partial charge in [0.25, 0.3) is 0 Å². The lowest BCUT2D eigenvalue weighted by Crippen LogP contribution is -2.23. The van der Waals surface area contributed by atoms with Gasteiger partial charge in [-0.25, -0.2) is 9.78 Å². The number of carbonyl (C=O) groups is 1. The second-order valence-electron chi connectivity index (χ2n) is 3.85. The van der Waals surface area contributed by atoms with Crippen LogP contribution in [0.4, 0.5) is 5.82 Å². The fourth-order valence-electron chi connectivity index (χ4n) is 1.66. The summed E-state index contributed by atoms with van der Waals surface area (Å²) in [6.07, 6.45) is 3.07. The number of rotatable bonds is 5. The van der Waals surface area contributed by atoms with E-state index in [0.717, 1.165) is 13.1 Å². The van der Waals surface area contributed by atoms with E-state index in [4.69, 9.17) is 0 Å². The Bertz CT molecular complexity index is 543. The maximum Gasteiger partial charge on any atom is 0.358 e. The Morgan fingerprint density at radius 2 is 2.32 bits per heavy atom. The molecule has 0 fully saturated rings. The van der Waals surface area contributed by atoms with Crippen molar-refractivity contribution in [3.63, 3.8) is 0 Å². The van der Waals surface area contributed by atoms with Crippen LogP contribution in [0.25, 0.3) is 0 Å². The van der Waals surface area contributed by atoms with Crippen molar-refractivity contribution in [1.29, 1.82) is 0 Å². The van der Waals surface area contributed by atoms with E-state index in [1.807, 2.05) is 18.4 Å². The zero-order valence-corrected chi connectivity index (χ0v) is 11.7. The van der Waals surface area contributed by atoms with Crippen LogP contribution in [0.1, 0.15) is 22.3 Å². The summed E-state index contributed by atoms with van der Waals surface area (Å²) in [5, 5.41) is 2.04. The Morgan fingerprint density at radius 3 is 2.95 bits per heavy atom. The zero-order valence-electron chi connectivity index (χ0n) is 10.9. The van der Waals surface area contributed by atoms with Crippen LogP contribution >= 0.6 is 11.3 Å². The van der Waals surface area contributed by atoms with E-state index >= 15 is 0 Å². The number of methoxy groups -OCH3 is 1. The van der Waals surface area contributed by atoms with Crippen molar-refractivity contribution in [3.05, 3.63) is 40.5 Å². The standard InChI is InChI=1S/C13H15N3O2S/c1-3-16(9-10-5-4-6-19-10)12-8-14-7-11(15-12)13(17)18-2/h4-8H,3,9H2,1-2H3. The molecule has 0 radical (unpaired) electrons. The van der Waals surface area contributed by atoms with Gasteiger partial charge in [0, 0.05) is 11.4 Å². The first-order valence-electron chi connectivity index (χ1n) is 5.92. The topological polar surface area (TPSA) is 55.3 Å². The Morgan fingerprint density at radius 1 is 1.47 bits per heavy atom. The van der Waals surface area contributed by atoms with Crippen molar-refractivity contribution in [3.8, 4) is 0 Å². The number of carbonyl (C=O) groups excluding carboxylic acids is 1. The Labute approximate surface area is 115 Å². The van der Waals surface area contributed by atoms with E-state index in [1.54, 1.807) is 17.5 Å². The lowest BCUT2D eigenvalue weighted by molar-refractivity contribution is 0.0593. The van der Waals surface area contributed by atoms with Gasteiger partial charge in [-0.2, -0.15) is 0 Å². The third-order valence-electron chi connectivity index (χ3n) is 2.65. The maximum atomic E-state index is 11.5. The predicted molar refractivity (Wildman–Crippen MR) is 74.4 cm³/mol. The minimum Gasteiger partial charge on any atom is -0.464 e. The molecule has 0 saturated heterocycles. The van der Waals surface area contributed by atoms with E-state index in [-0.39, 0.29) is 5.69 Å². The molecule has 0 aliphatic heterocycles. The molecular weight excluding hydrogens is 262 g/mol. The molecule has 2 aromatic heterocycles. The molecule has 0 bridgehead atoms. The van der Waals surface area contributed by atoms with Crippen molar-refractivity contribution in [2.45, 2.75) is 13.5 Å². The Hall–Kier alpha value is -1.95. The highest BCUT2D eigenvalue weighted by Gasteiger charge is 2.12. The highest BCUT2D eigenvalue weighted by Crippen LogP contribution is 2.17. The molecule has 0 aliphatic carbocycles. The third-order valence-corrected chi connectivity index (χ3v) is 3.51. The molecule has 0 aliphatic rings. The molecule has 6 heteroatoms. The van der Waals surface area contributed by atoms with Crippen molar-refractivity contribution in [1.82, 2.24) is 9.97 Å². The third kappa shape index (κ3) is 3.29. The van der Waals surface area contributed by atoms with Gasteiger partial charge in [-0.05, 0) is 18.4 Å². The van der Waals surface area contributed by atoms with Crippen LogP contribution in [0, 0.1) is 0 Å². The van der Waals surface area contributed by atoms with Gasteiger partial charge >= 0.3 is 5.97 Å². The van der Waals surface area contributed by atoms with Gasteiger partial charge in [-0.3, -0.25) is 4.98 Å². The van der Waals surface area contributed by atoms with E-state index < -0.39 is 5.97 Å². The van der Waals surface area contributed by atoms with Crippen LogP contribution in [-0.4, -0.2) is 29.6 Å². The average Bonchev–Trinajstić information content (AvgIpc) is 2.97. The highest BCUT2D eigenvalue weighted by molar-refractivity contribution is 7.09. The number of anilines is 1. The minimum absolute atomic E-state index is 0.227. The first-order valence-corrected chi connectivity index (χ1v) is 6.80. The molecule has 0 atom stereocenters. The number of aromatic nitrogens is 2. The van der Waals surface area contributed by atoms with E-state index in [1.165, 1.54) is 18.2 Å². The summed E-state index contributed by atoms with van der Waals surface area (Å²) < 4.78 is 4.65. The normalized spacial score (nSPS) is 10.2. The number of esters is 1. The van der Waals surface area contributed by atoms with E-state index in [2.05, 4.69) is 25.7 Å². The number of hydrogen-bond acceptors (Lipinski definition) is 6. The fourth-order valence-corrected chi connectivity index (χ4v) is 2.38. The van der Waals surface area contributed by atoms with Gasteiger partial charge in [0.15, 0.2) is 5.69 Å². The number of nitrogens with zero attached hydrogens (tertiary/aromatic N) is 3. The molecule has 0 amide bonds. The first kappa shape index (κ1) is 13.5. The summed E-state index contributed by atoms with van der Waals surface area (Å²) in [6.45, 7) is 3.59. The van der Waals surface area contributed by atoms with Gasteiger partial charge in [0.2, 0.25) is 0 Å². The Balaban J connectivity index is 2.20. The van der Waals surface area contributed by atoms with Gasteiger partial charge in [0.05, 0.1) is 26.0 Å². The predicted octanol–water partition coefficient (Wildman–Crippen LogP) is 2.35. The quantitative estimate of drug-likeness (QED) is 0.785. The maximum absolute atomic E-state index is 11.5. The second kappa shape index (κ2) is 6.29. The van der Waals surface area contributed by atoms with Gasteiger partial charge in [-0.1, -0.05) is 6.07 Å². The molecule has 0 spiro atoms. The summed E-state index contributed by atoms with van der Waals surface area (Å²) in [6, 6.07) is 4.09. The van der Waals surface area contributed by atoms with Gasteiger partial charge in [0.1, 0.15) is 5.82 Å². The molecular formula is C13H15N3O2S.